The Balaban J connectivity index is 1.51. The first kappa shape index (κ1) is 25.5. The molecule has 0 spiro atoms. The number of hydrogen-bond acceptors (Lipinski definition) is 4. The molecule has 8 nitrogen and oxygen atoms in total. The van der Waals surface area contributed by atoms with Crippen LogP contribution >= 0.6 is 11.6 Å². The van der Waals surface area contributed by atoms with Crippen LogP contribution in [0.15, 0.2) is 60.8 Å². The second kappa shape index (κ2) is 11.0. The summed E-state index contributed by atoms with van der Waals surface area (Å²) in [5.74, 6) is -1.68. The molecule has 0 aliphatic carbocycles. The van der Waals surface area contributed by atoms with Gasteiger partial charge in [0.15, 0.2) is 0 Å². The van der Waals surface area contributed by atoms with Gasteiger partial charge in [-0.3, -0.25) is 9.10 Å². The minimum absolute atomic E-state index is 0.162. The van der Waals surface area contributed by atoms with E-state index in [0.29, 0.717) is 35.6 Å². The van der Waals surface area contributed by atoms with E-state index in [9.17, 15) is 22.6 Å². The highest BCUT2D eigenvalue weighted by molar-refractivity contribution is 7.85. The number of hydrogen-bond donors (Lipinski definition) is 2. The summed E-state index contributed by atoms with van der Waals surface area (Å²) in [6.45, 7) is 0.392. The summed E-state index contributed by atoms with van der Waals surface area (Å²) in [4.78, 5) is 31.6. The Morgan fingerprint density at radius 3 is 2.56 bits per heavy atom. The Bertz CT molecular complexity index is 1290. The fraction of sp³-hybridized carbons (Fsp3) is 0.208. The molecule has 3 amide bonds. The topological polar surface area (TPSA) is 94.6 Å². The third-order valence-electron chi connectivity index (χ3n) is 5.58. The van der Waals surface area contributed by atoms with Crippen LogP contribution in [-0.4, -0.2) is 40.8 Å². The lowest BCUT2D eigenvalue weighted by Crippen LogP contribution is -2.53. The van der Waals surface area contributed by atoms with E-state index in [0.717, 1.165) is 17.7 Å². The first-order valence-corrected chi connectivity index (χ1v) is 12.4. The van der Waals surface area contributed by atoms with Gasteiger partial charge in [0.2, 0.25) is 17.1 Å². The molecule has 2 N–H and O–H groups in total. The van der Waals surface area contributed by atoms with Gasteiger partial charge < -0.3 is 10.2 Å². The van der Waals surface area contributed by atoms with E-state index < -0.39 is 40.8 Å². The highest BCUT2D eigenvalue weighted by Crippen LogP contribution is 2.25. The molecule has 0 bridgehead atoms. The minimum Gasteiger partial charge on any atom is -0.325 e. The van der Waals surface area contributed by atoms with Crippen molar-refractivity contribution in [1.82, 2.24) is 15.0 Å². The van der Waals surface area contributed by atoms with Crippen LogP contribution in [0.25, 0.3) is 0 Å². The molecule has 0 fully saturated rings. The number of anilines is 2. The van der Waals surface area contributed by atoms with Crippen molar-refractivity contribution in [2.45, 2.75) is 18.9 Å². The third kappa shape index (κ3) is 5.97. The number of benzene rings is 2. The van der Waals surface area contributed by atoms with E-state index in [1.165, 1.54) is 16.3 Å². The van der Waals surface area contributed by atoms with Crippen molar-refractivity contribution in [1.29, 1.82) is 0 Å². The van der Waals surface area contributed by atoms with Crippen LogP contribution in [0, 0.1) is 11.6 Å². The molecule has 0 saturated heterocycles. The van der Waals surface area contributed by atoms with E-state index >= 15 is 0 Å². The molecule has 2 atom stereocenters. The number of carbonyl (C=O) groups excluding carboxylic acids is 2. The lowest BCUT2D eigenvalue weighted by atomic mass is 10.0. The standard InChI is InChI=1S/C24H22ClF2N5O3S/c1-31(20-6-4-17(25)5-7-20)23(33)21(13-15-11-18(26)14-19(27)12-15)29-24(34)30-36(35)32-10-8-16-3-2-9-28-22(16)32/h2-7,9,11-12,14,21H,8,10,13H2,1H3,(H2,29,30,34). The Labute approximate surface area is 214 Å². The van der Waals surface area contributed by atoms with Crippen LogP contribution in [0.3, 0.4) is 0 Å². The summed E-state index contributed by atoms with van der Waals surface area (Å²) in [5, 5.41) is 2.97. The van der Waals surface area contributed by atoms with Gasteiger partial charge in [-0.2, -0.15) is 0 Å². The van der Waals surface area contributed by atoms with Gasteiger partial charge in [-0.15, -0.1) is 0 Å². The second-order valence-corrected chi connectivity index (χ2v) is 9.65. The number of likely N-dealkylation sites (N-methyl/N-ethyl adjacent to an activating group) is 1. The van der Waals surface area contributed by atoms with Crippen molar-refractivity contribution >= 4 is 46.2 Å². The summed E-state index contributed by atoms with van der Waals surface area (Å²) >= 11 is 3.95. The van der Waals surface area contributed by atoms with Gasteiger partial charge >= 0.3 is 6.03 Å². The molecule has 1 aliphatic rings. The molecule has 36 heavy (non-hydrogen) atoms. The van der Waals surface area contributed by atoms with Crippen LogP contribution in [0.4, 0.5) is 25.1 Å². The molecule has 1 aromatic heterocycles. The fourth-order valence-corrected chi connectivity index (χ4v) is 4.88. The van der Waals surface area contributed by atoms with Gasteiger partial charge in [-0.05, 0) is 60.0 Å². The number of fused-ring (bicyclic) bond motifs is 1. The van der Waals surface area contributed by atoms with Gasteiger partial charge in [0.25, 0.3) is 0 Å². The predicted molar refractivity (Wildman–Crippen MR) is 134 cm³/mol. The number of nitrogens with zero attached hydrogens (tertiary/aromatic N) is 3. The quantitative estimate of drug-likeness (QED) is 0.486. The fourth-order valence-electron chi connectivity index (χ4n) is 3.85. The maximum Gasteiger partial charge on any atom is 0.328 e. The van der Waals surface area contributed by atoms with E-state index in [2.05, 4.69) is 15.0 Å². The van der Waals surface area contributed by atoms with Crippen molar-refractivity contribution < 1.29 is 22.6 Å². The van der Waals surface area contributed by atoms with E-state index in [1.807, 2.05) is 6.07 Å². The van der Waals surface area contributed by atoms with Crippen LogP contribution in [0.1, 0.15) is 11.1 Å². The highest BCUT2D eigenvalue weighted by atomic mass is 35.5. The number of rotatable bonds is 7. The summed E-state index contributed by atoms with van der Waals surface area (Å²) in [6, 6.07) is 10.8. The molecular formula is C24H22ClF2N5O3S. The van der Waals surface area contributed by atoms with Crippen molar-refractivity contribution in [3.8, 4) is 0 Å². The summed E-state index contributed by atoms with van der Waals surface area (Å²) in [7, 11) is 1.50. The largest absolute Gasteiger partial charge is 0.328 e. The first-order valence-electron chi connectivity index (χ1n) is 10.9. The molecular weight excluding hydrogens is 512 g/mol. The highest BCUT2D eigenvalue weighted by Gasteiger charge is 2.29. The van der Waals surface area contributed by atoms with E-state index in [4.69, 9.17) is 11.6 Å². The number of urea groups is 1. The maximum atomic E-state index is 13.8. The Morgan fingerprint density at radius 1 is 1.17 bits per heavy atom. The molecule has 188 valence electrons. The summed E-state index contributed by atoms with van der Waals surface area (Å²) < 4.78 is 44.1. The Hall–Kier alpha value is -3.57. The average molecular weight is 534 g/mol. The summed E-state index contributed by atoms with van der Waals surface area (Å²) in [5.41, 5.74) is 1.55. The Morgan fingerprint density at radius 2 is 1.86 bits per heavy atom. The summed E-state index contributed by atoms with van der Waals surface area (Å²) in [6.07, 6.45) is 1.98. The predicted octanol–water partition coefficient (Wildman–Crippen LogP) is 3.53. The van der Waals surface area contributed by atoms with Crippen LogP contribution in [0.2, 0.25) is 5.02 Å². The van der Waals surface area contributed by atoms with Crippen LogP contribution in [-0.2, 0) is 28.8 Å². The second-order valence-electron chi connectivity index (χ2n) is 8.07. The normalized spacial score (nSPS) is 14.1. The number of pyridine rings is 1. The molecule has 4 rings (SSSR count). The van der Waals surface area contributed by atoms with Gasteiger partial charge in [-0.1, -0.05) is 17.7 Å². The Kier molecular flexibility index (Phi) is 7.80. The zero-order valence-corrected chi connectivity index (χ0v) is 20.7. The van der Waals surface area contributed by atoms with Crippen molar-refractivity contribution in [2.75, 3.05) is 22.8 Å². The molecule has 0 radical (unpaired) electrons. The van der Waals surface area contributed by atoms with Crippen LogP contribution in [0.5, 0.6) is 0 Å². The lowest BCUT2D eigenvalue weighted by Gasteiger charge is -2.25. The SMILES string of the molecule is CN(C(=O)C(Cc1cc(F)cc(F)c1)NC(=O)NS(=O)N1CCc2cccnc21)c1ccc(Cl)cc1. The molecule has 2 unspecified atom stereocenters. The zero-order chi connectivity index (χ0) is 25.8. The molecule has 2 aromatic carbocycles. The maximum absolute atomic E-state index is 13.8. The lowest BCUT2D eigenvalue weighted by molar-refractivity contribution is -0.120. The van der Waals surface area contributed by atoms with Gasteiger partial charge in [-0.25, -0.2) is 27.5 Å². The molecule has 12 heteroatoms. The minimum atomic E-state index is -1.97. The number of halogens is 3. The van der Waals surface area contributed by atoms with Crippen molar-refractivity contribution in [3.63, 3.8) is 0 Å². The van der Waals surface area contributed by atoms with Gasteiger partial charge in [0.1, 0.15) is 23.5 Å². The van der Waals surface area contributed by atoms with Crippen LogP contribution < -0.4 is 19.2 Å². The third-order valence-corrected chi connectivity index (χ3v) is 6.95. The smallest absolute Gasteiger partial charge is 0.325 e. The van der Waals surface area contributed by atoms with Gasteiger partial charge in [0, 0.05) is 43.0 Å². The first-order chi connectivity index (χ1) is 17.2. The number of aromatic nitrogens is 1. The van der Waals surface area contributed by atoms with Gasteiger partial charge in [0.05, 0.1) is 0 Å². The van der Waals surface area contributed by atoms with Crippen molar-refractivity contribution in [3.05, 3.63) is 88.6 Å². The van der Waals surface area contributed by atoms with E-state index in [-0.39, 0.29) is 12.0 Å². The number of amides is 3. The van der Waals surface area contributed by atoms with Crippen molar-refractivity contribution in [2.24, 2.45) is 0 Å². The molecule has 3 aromatic rings. The molecule has 2 heterocycles. The monoisotopic (exact) mass is 533 g/mol. The number of carbonyl (C=O) groups is 2. The number of nitrogens with one attached hydrogen (secondary N) is 2. The average Bonchev–Trinajstić information content (AvgIpc) is 3.27. The zero-order valence-electron chi connectivity index (χ0n) is 19.1. The molecule has 0 saturated carbocycles. The molecule has 1 aliphatic heterocycles. The van der Waals surface area contributed by atoms with E-state index in [1.54, 1.807) is 36.5 Å².